The zero-order chi connectivity index (χ0) is 13.5. The molecule has 1 aromatic carbocycles. The van der Waals surface area contributed by atoms with Crippen LogP contribution in [0.2, 0.25) is 0 Å². The van der Waals surface area contributed by atoms with Crippen LogP contribution in [0.3, 0.4) is 0 Å². The Bertz CT molecular complexity index is 524. The second-order valence-electron chi connectivity index (χ2n) is 4.22. The second-order valence-corrected chi connectivity index (χ2v) is 5.46. The van der Waals surface area contributed by atoms with Crippen molar-refractivity contribution >= 4 is 28.1 Å². The molecule has 0 fully saturated rings. The van der Waals surface area contributed by atoms with Gasteiger partial charge in [-0.15, -0.1) is 11.3 Å². The molecule has 0 unspecified atom stereocenters. The van der Waals surface area contributed by atoms with Crippen LogP contribution in [0.25, 0.3) is 0 Å². The van der Waals surface area contributed by atoms with Gasteiger partial charge in [0.05, 0.1) is 0 Å². The van der Waals surface area contributed by atoms with Crippen LogP contribution in [-0.2, 0) is 4.79 Å². The molecular formula is C14H17N3OS. The summed E-state index contributed by atoms with van der Waals surface area (Å²) in [4.78, 5) is 16.9. The van der Waals surface area contributed by atoms with Gasteiger partial charge in [-0.05, 0) is 25.5 Å². The quantitative estimate of drug-likeness (QED) is 0.795. The molecule has 0 atom stereocenters. The number of aryl methyl sites for hydroxylation is 1. The molecule has 0 bridgehead atoms. The lowest BCUT2D eigenvalue weighted by Gasteiger charge is -2.05. The summed E-state index contributed by atoms with van der Waals surface area (Å²) in [5.41, 5.74) is 1.08. The maximum absolute atomic E-state index is 11.7. The molecule has 0 aliphatic carbocycles. The molecule has 100 valence electrons. The molecule has 5 heteroatoms. The smallest absolute Gasteiger partial charge is 0.226 e. The van der Waals surface area contributed by atoms with Crippen molar-refractivity contribution in [2.45, 2.75) is 19.8 Å². The number of nitrogens with one attached hydrogen (secondary N) is 2. The van der Waals surface area contributed by atoms with Gasteiger partial charge in [0.15, 0.2) is 5.13 Å². The molecular weight excluding hydrogens is 258 g/mol. The zero-order valence-corrected chi connectivity index (χ0v) is 11.7. The summed E-state index contributed by atoms with van der Waals surface area (Å²) >= 11 is 1.49. The van der Waals surface area contributed by atoms with Crippen molar-refractivity contribution in [3.8, 4) is 0 Å². The summed E-state index contributed by atoms with van der Waals surface area (Å²) in [6, 6.07) is 9.98. The lowest BCUT2D eigenvalue weighted by molar-refractivity contribution is -0.116. The van der Waals surface area contributed by atoms with Crippen molar-refractivity contribution < 1.29 is 4.79 Å². The first-order valence-corrected chi connectivity index (χ1v) is 7.07. The van der Waals surface area contributed by atoms with Gasteiger partial charge in [0.25, 0.3) is 0 Å². The maximum atomic E-state index is 11.7. The van der Waals surface area contributed by atoms with Crippen molar-refractivity contribution in [3.05, 3.63) is 41.4 Å². The summed E-state index contributed by atoms with van der Waals surface area (Å²) in [5, 5.41) is 6.76. The molecule has 0 aliphatic rings. The van der Waals surface area contributed by atoms with Gasteiger partial charge in [-0.2, -0.15) is 0 Å². The Morgan fingerprint density at radius 1 is 1.32 bits per heavy atom. The molecule has 4 nitrogen and oxygen atoms in total. The van der Waals surface area contributed by atoms with E-state index in [1.165, 1.54) is 11.3 Å². The maximum Gasteiger partial charge on any atom is 0.226 e. The highest BCUT2D eigenvalue weighted by molar-refractivity contribution is 7.15. The van der Waals surface area contributed by atoms with E-state index >= 15 is 0 Å². The molecule has 2 rings (SSSR count). The van der Waals surface area contributed by atoms with Crippen LogP contribution >= 0.6 is 11.3 Å². The van der Waals surface area contributed by atoms with Gasteiger partial charge in [0, 0.05) is 29.7 Å². The number of para-hydroxylation sites is 1. The molecule has 0 saturated heterocycles. The highest BCUT2D eigenvalue weighted by atomic mass is 32.1. The molecule has 0 radical (unpaired) electrons. The number of carbonyl (C=O) groups is 1. The Morgan fingerprint density at radius 2 is 2.11 bits per heavy atom. The lowest BCUT2D eigenvalue weighted by atomic mass is 10.2. The van der Waals surface area contributed by atoms with Crippen LogP contribution in [0.5, 0.6) is 0 Å². The molecule has 1 amide bonds. The van der Waals surface area contributed by atoms with Crippen LogP contribution in [0.1, 0.15) is 17.7 Å². The van der Waals surface area contributed by atoms with Crippen molar-refractivity contribution in [3.63, 3.8) is 0 Å². The van der Waals surface area contributed by atoms with Crippen molar-refractivity contribution in [1.82, 2.24) is 4.98 Å². The first kappa shape index (κ1) is 13.5. The number of aromatic nitrogens is 1. The summed E-state index contributed by atoms with van der Waals surface area (Å²) < 4.78 is 0. The fraction of sp³-hybridized carbons (Fsp3) is 0.286. The summed E-state index contributed by atoms with van der Waals surface area (Å²) in [6.07, 6.45) is 3.06. The van der Waals surface area contributed by atoms with Gasteiger partial charge < -0.3 is 10.6 Å². The molecule has 0 spiro atoms. The van der Waals surface area contributed by atoms with Crippen molar-refractivity contribution in [2.75, 3.05) is 17.2 Å². The lowest BCUT2D eigenvalue weighted by Crippen LogP contribution is -2.13. The second kappa shape index (κ2) is 6.89. The monoisotopic (exact) mass is 275 g/mol. The average Bonchev–Trinajstić information content (AvgIpc) is 2.81. The Labute approximate surface area is 116 Å². The number of hydrogen-bond donors (Lipinski definition) is 2. The molecule has 0 aliphatic heterocycles. The standard InChI is InChI=1S/C14H17N3OS/c1-11-10-16-14(19-11)17-13(18)8-5-9-15-12-6-3-2-4-7-12/h2-4,6-7,10,15H,5,8-9H2,1H3,(H,16,17,18). The zero-order valence-electron chi connectivity index (χ0n) is 10.8. The Balaban J connectivity index is 1.64. The number of amides is 1. The molecule has 1 aromatic heterocycles. The number of rotatable bonds is 6. The van der Waals surface area contributed by atoms with Crippen LogP contribution in [0.4, 0.5) is 10.8 Å². The van der Waals surface area contributed by atoms with Crippen LogP contribution in [-0.4, -0.2) is 17.4 Å². The third-order valence-electron chi connectivity index (χ3n) is 2.55. The van der Waals surface area contributed by atoms with Gasteiger partial charge in [-0.3, -0.25) is 4.79 Å². The van der Waals surface area contributed by atoms with E-state index in [1.54, 1.807) is 6.20 Å². The minimum atomic E-state index is 0.0178. The van der Waals surface area contributed by atoms with Crippen molar-refractivity contribution in [1.29, 1.82) is 0 Å². The van der Waals surface area contributed by atoms with E-state index in [-0.39, 0.29) is 5.91 Å². The number of carbonyl (C=O) groups excluding carboxylic acids is 1. The molecule has 2 N–H and O–H groups in total. The summed E-state index contributed by atoms with van der Waals surface area (Å²) in [5.74, 6) is 0.0178. The normalized spacial score (nSPS) is 10.2. The number of thiazole rings is 1. The summed E-state index contributed by atoms with van der Waals surface area (Å²) in [7, 11) is 0. The van der Waals surface area contributed by atoms with Crippen LogP contribution in [0, 0.1) is 6.92 Å². The van der Waals surface area contributed by atoms with Gasteiger partial charge in [-0.25, -0.2) is 4.98 Å². The van der Waals surface area contributed by atoms with E-state index in [2.05, 4.69) is 15.6 Å². The SMILES string of the molecule is Cc1cnc(NC(=O)CCCNc2ccccc2)s1. The third-order valence-corrected chi connectivity index (χ3v) is 3.38. The molecule has 0 saturated carbocycles. The van der Waals surface area contributed by atoms with E-state index in [0.717, 1.165) is 23.5 Å². The van der Waals surface area contributed by atoms with Gasteiger partial charge in [0.1, 0.15) is 0 Å². The Kier molecular flexibility index (Phi) is 4.92. The average molecular weight is 275 g/mol. The van der Waals surface area contributed by atoms with E-state index < -0.39 is 0 Å². The highest BCUT2D eigenvalue weighted by Crippen LogP contribution is 2.16. The largest absolute Gasteiger partial charge is 0.385 e. The minimum Gasteiger partial charge on any atom is -0.385 e. The first-order chi connectivity index (χ1) is 9.24. The molecule has 19 heavy (non-hydrogen) atoms. The third kappa shape index (κ3) is 4.71. The Morgan fingerprint density at radius 3 is 2.79 bits per heavy atom. The van der Waals surface area contributed by atoms with E-state index in [1.807, 2.05) is 37.3 Å². The Hall–Kier alpha value is -1.88. The highest BCUT2D eigenvalue weighted by Gasteiger charge is 2.04. The van der Waals surface area contributed by atoms with Crippen molar-refractivity contribution in [2.24, 2.45) is 0 Å². The summed E-state index contributed by atoms with van der Waals surface area (Å²) in [6.45, 7) is 2.76. The number of hydrogen-bond acceptors (Lipinski definition) is 4. The van der Waals surface area contributed by atoms with E-state index in [4.69, 9.17) is 0 Å². The van der Waals surface area contributed by atoms with Crippen LogP contribution in [0.15, 0.2) is 36.5 Å². The fourth-order valence-electron chi connectivity index (χ4n) is 1.63. The fourth-order valence-corrected chi connectivity index (χ4v) is 2.31. The predicted molar refractivity (Wildman–Crippen MR) is 79.6 cm³/mol. The molecule has 1 heterocycles. The van der Waals surface area contributed by atoms with Gasteiger partial charge >= 0.3 is 0 Å². The van der Waals surface area contributed by atoms with E-state index in [9.17, 15) is 4.79 Å². The van der Waals surface area contributed by atoms with E-state index in [0.29, 0.717) is 11.6 Å². The van der Waals surface area contributed by atoms with Gasteiger partial charge in [0.2, 0.25) is 5.91 Å². The molecule has 2 aromatic rings. The first-order valence-electron chi connectivity index (χ1n) is 6.25. The minimum absolute atomic E-state index is 0.0178. The topological polar surface area (TPSA) is 54.0 Å². The predicted octanol–water partition coefficient (Wildman–Crippen LogP) is 3.28. The number of anilines is 2. The van der Waals surface area contributed by atoms with Gasteiger partial charge in [-0.1, -0.05) is 18.2 Å². The van der Waals surface area contributed by atoms with Crippen LogP contribution < -0.4 is 10.6 Å². The number of benzene rings is 1. The number of nitrogens with zero attached hydrogens (tertiary/aromatic N) is 1.